The molecule has 0 atom stereocenters. The molecule has 0 amide bonds. The Morgan fingerprint density at radius 3 is 2.62 bits per heavy atom. The lowest BCUT2D eigenvalue weighted by atomic mass is 10.0. The molecule has 0 aliphatic carbocycles. The van der Waals surface area contributed by atoms with E-state index in [2.05, 4.69) is 0 Å². The quantitative estimate of drug-likeness (QED) is 0.773. The van der Waals surface area contributed by atoms with Crippen LogP contribution in [0.25, 0.3) is 0 Å². The third-order valence-corrected chi connectivity index (χ3v) is 2.32. The Hall–Kier alpha value is -1.68. The van der Waals surface area contributed by atoms with E-state index in [-0.39, 0.29) is 17.8 Å². The minimum Gasteiger partial charge on any atom is -0.478 e. The number of Topliss-reactive ketones (excluding diaryl/α,β-unsaturated/α-hetero) is 1. The first-order valence-corrected chi connectivity index (χ1v) is 4.92. The highest BCUT2D eigenvalue weighted by atomic mass is 16.5. The number of carboxylic acids is 1. The predicted octanol–water partition coefficient (Wildman–Crippen LogP) is 1.91. The van der Waals surface area contributed by atoms with Crippen LogP contribution in [0.2, 0.25) is 0 Å². The Morgan fingerprint density at radius 2 is 2.06 bits per heavy atom. The first-order valence-electron chi connectivity index (χ1n) is 4.92. The largest absolute Gasteiger partial charge is 0.478 e. The van der Waals surface area contributed by atoms with Crippen LogP contribution in [0.5, 0.6) is 0 Å². The first-order chi connectivity index (χ1) is 7.56. The second kappa shape index (κ2) is 5.42. The Balaban J connectivity index is 2.94. The zero-order valence-electron chi connectivity index (χ0n) is 9.32. The normalized spacial score (nSPS) is 10.1. The van der Waals surface area contributed by atoms with E-state index >= 15 is 0 Å². The number of carbonyl (C=O) groups excluding carboxylic acids is 1. The van der Waals surface area contributed by atoms with Crippen LogP contribution in [0.15, 0.2) is 18.2 Å². The van der Waals surface area contributed by atoms with Crippen molar-refractivity contribution >= 4 is 11.8 Å². The molecule has 0 spiro atoms. The number of aromatic carboxylic acids is 1. The first kappa shape index (κ1) is 12.4. The summed E-state index contributed by atoms with van der Waals surface area (Å²) < 4.78 is 4.80. The van der Waals surface area contributed by atoms with Crippen molar-refractivity contribution in [2.75, 3.05) is 13.7 Å². The highest BCUT2D eigenvalue weighted by Gasteiger charge is 2.11. The number of aryl methyl sites for hydroxylation is 1. The van der Waals surface area contributed by atoms with E-state index in [9.17, 15) is 9.59 Å². The summed E-state index contributed by atoms with van der Waals surface area (Å²) in [6.07, 6.45) is 0.263. The summed E-state index contributed by atoms with van der Waals surface area (Å²) in [4.78, 5) is 22.5. The van der Waals surface area contributed by atoms with Gasteiger partial charge in [0.2, 0.25) is 0 Å². The molecule has 0 bridgehead atoms. The lowest BCUT2D eigenvalue weighted by molar-refractivity contribution is 0.0696. The molecule has 1 aromatic rings. The van der Waals surface area contributed by atoms with Crippen LogP contribution in [0.1, 0.15) is 32.7 Å². The van der Waals surface area contributed by atoms with Gasteiger partial charge in [0.15, 0.2) is 5.78 Å². The van der Waals surface area contributed by atoms with Crippen LogP contribution >= 0.6 is 0 Å². The van der Waals surface area contributed by atoms with Gasteiger partial charge in [0.05, 0.1) is 12.2 Å². The Labute approximate surface area is 93.9 Å². The number of benzene rings is 1. The lowest BCUT2D eigenvalue weighted by Gasteiger charge is -2.04. The molecule has 0 aliphatic rings. The van der Waals surface area contributed by atoms with Crippen molar-refractivity contribution in [2.24, 2.45) is 0 Å². The molecule has 0 heterocycles. The second-order valence-electron chi connectivity index (χ2n) is 3.50. The molecule has 1 aromatic carbocycles. The number of methoxy groups -OCH3 is 1. The van der Waals surface area contributed by atoms with Gasteiger partial charge in [-0.15, -0.1) is 0 Å². The van der Waals surface area contributed by atoms with Crippen molar-refractivity contribution in [3.63, 3.8) is 0 Å². The van der Waals surface area contributed by atoms with E-state index in [0.717, 1.165) is 0 Å². The van der Waals surface area contributed by atoms with Gasteiger partial charge in [-0.25, -0.2) is 4.79 Å². The summed E-state index contributed by atoms with van der Waals surface area (Å²) in [5.74, 6) is -1.12. The highest BCUT2D eigenvalue weighted by Crippen LogP contribution is 2.13. The van der Waals surface area contributed by atoms with Crippen molar-refractivity contribution in [2.45, 2.75) is 13.3 Å². The third-order valence-electron chi connectivity index (χ3n) is 2.32. The Kier molecular flexibility index (Phi) is 4.19. The number of carbonyl (C=O) groups is 2. The zero-order valence-corrected chi connectivity index (χ0v) is 9.32. The second-order valence-corrected chi connectivity index (χ2v) is 3.50. The zero-order chi connectivity index (χ0) is 12.1. The molecule has 0 aromatic heterocycles. The molecule has 1 rings (SSSR count). The Morgan fingerprint density at radius 1 is 1.38 bits per heavy atom. The molecule has 16 heavy (non-hydrogen) atoms. The monoisotopic (exact) mass is 222 g/mol. The highest BCUT2D eigenvalue weighted by molar-refractivity contribution is 5.99. The average molecular weight is 222 g/mol. The maximum atomic E-state index is 11.6. The molecule has 4 heteroatoms. The maximum absolute atomic E-state index is 11.6. The summed E-state index contributed by atoms with van der Waals surface area (Å²) in [6.45, 7) is 2.04. The van der Waals surface area contributed by atoms with Crippen molar-refractivity contribution in [1.82, 2.24) is 0 Å². The molecule has 0 radical (unpaired) electrons. The molecular formula is C12H14O4. The molecule has 0 saturated heterocycles. The fraction of sp³-hybridized carbons (Fsp3) is 0.333. The van der Waals surface area contributed by atoms with Crippen molar-refractivity contribution in [3.05, 3.63) is 34.9 Å². The van der Waals surface area contributed by atoms with Crippen LogP contribution in [-0.2, 0) is 4.74 Å². The average Bonchev–Trinajstić information content (AvgIpc) is 2.26. The summed E-state index contributed by atoms with van der Waals surface area (Å²) in [7, 11) is 1.52. The van der Waals surface area contributed by atoms with Gasteiger partial charge in [0.1, 0.15) is 0 Å². The number of hydrogen-bond donors (Lipinski definition) is 1. The van der Waals surface area contributed by atoms with Crippen LogP contribution in [0, 0.1) is 6.92 Å². The molecule has 0 unspecified atom stereocenters. The van der Waals surface area contributed by atoms with Crippen molar-refractivity contribution in [3.8, 4) is 0 Å². The molecule has 0 aliphatic heterocycles. The summed E-state index contributed by atoms with van der Waals surface area (Å²) >= 11 is 0. The Bertz CT molecular complexity index is 409. The van der Waals surface area contributed by atoms with Crippen molar-refractivity contribution in [1.29, 1.82) is 0 Å². The SMILES string of the molecule is COCCC(=O)c1ccc(C)c(C(=O)O)c1. The third kappa shape index (κ3) is 2.90. The van der Waals surface area contributed by atoms with Gasteiger partial charge in [-0.3, -0.25) is 4.79 Å². The fourth-order valence-corrected chi connectivity index (χ4v) is 1.36. The van der Waals surface area contributed by atoms with E-state index in [0.29, 0.717) is 17.7 Å². The van der Waals surface area contributed by atoms with Gasteiger partial charge >= 0.3 is 5.97 Å². The van der Waals surface area contributed by atoms with Gasteiger partial charge < -0.3 is 9.84 Å². The molecule has 1 N–H and O–H groups in total. The van der Waals surface area contributed by atoms with Crippen molar-refractivity contribution < 1.29 is 19.4 Å². The minimum atomic E-state index is -1.01. The maximum Gasteiger partial charge on any atom is 0.335 e. The number of rotatable bonds is 5. The molecule has 4 nitrogen and oxygen atoms in total. The number of ether oxygens (including phenoxy) is 1. The van der Waals surface area contributed by atoms with Crippen LogP contribution in [0.3, 0.4) is 0 Å². The topological polar surface area (TPSA) is 63.6 Å². The van der Waals surface area contributed by atoms with E-state index < -0.39 is 5.97 Å². The minimum absolute atomic E-state index is 0.107. The summed E-state index contributed by atoms with van der Waals surface area (Å²) in [5.41, 5.74) is 1.24. The number of ketones is 1. The predicted molar refractivity (Wildman–Crippen MR) is 59.0 cm³/mol. The van der Waals surface area contributed by atoms with E-state index in [1.165, 1.54) is 13.2 Å². The number of carboxylic acid groups (broad SMARTS) is 1. The van der Waals surface area contributed by atoms with E-state index in [4.69, 9.17) is 9.84 Å². The smallest absolute Gasteiger partial charge is 0.335 e. The van der Waals surface area contributed by atoms with Crippen LogP contribution in [0.4, 0.5) is 0 Å². The van der Waals surface area contributed by atoms with E-state index in [1.54, 1.807) is 19.1 Å². The summed E-state index contributed by atoms with van der Waals surface area (Å²) in [5, 5.41) is 8.91. The lowest BCUT2D eigenvalue weighted by Crippen LogP contribution is -2.07. The molecule has 0 saturated carbocycles. The standard InChI is InChI=1S/C12H14O4/c1-8-3-4-9(7-10(8)12(14)15)11(13)5-6-16-2/h3-4,7H,5-6H2,1-2H3,(H,14,15). The number of hydrogen-bond acceptors (Lipinski definition) is 3. The van der Waals surface area contributed by atoms with Gasteiger partial charge in [0, 0.05) is 19.1 Å². The van der Waals surface area contributed by atoms with Crippen LogP contribution < -0.4 is 0 Å². The van der Waals surface area contributed by atoms with Crippen LogP contribution in [-0.4, -0.2) is 30.6 Å². The fourth-order valence-electron chi connectivity index (χ4n) is 1.36. The van der Waals surface area contributed by atoms with E-state index in [1.807, 2.05) is 0 Å². The van der Waals surface area contributed by atoms with Gasteiger partial charge in [-0.2, -0.15) is 0 Å². The van der Waals surface area contributed by atoms with Gasteiger partial charge in [-0.1, -0.05) is 12.1 Å². The van der Waals surface area contributed by atoms with Gasteiger partial charge in [0.25, 0.3) is 0 Å². The molecule has 0 fully saturated rings. The summed E-state index contributed by atoms with van der Waals surface area (Å²) in [6, 6.07) is 4.69. The van der Waals surface area contributed by atoms with Gasteiger partial charge in [-0.05, 0) is 18.6 Å². The molecule has 86 valence electrons. The molecular weight excluding hydrogens is 208 g/mol.